The fourth-order valence-electron chi connectivity index (χ4n) is 7.81. The van der Waals surface area contributed by atoms with E-state index in [1.807, 2.05) is 24.3 Å². The van der Waals surface area contributed by atoms with Crippen LogP contribution in [0.3, 0.4) is 0 Å². The number of phenols is 1. The van der Waals surface area contributed by atoms with Crippen molar-refractivity contribution in [2.24, 2.45) is 5.41 Å². The number of phenolic OH excluding ortho intramolecular Hbond substituents is 1. The van der Waals surface area contributed by atoms with E-state index >= 15 is 4.39 Å². The summed E-state index contributed by atoms with van der Waals surface area (Å²) < 4.78 is 29.2. The molecule has 8 nitrogen and oxygen atoms in total. The second kappa shape index (κ2) is 11.2. The highest BCUT2D eigenvalue weighted by Crippen LogP contribution is 2.47. The van der Waals surface area contributed by atoms with Gasteiger partial charge in [0.2, 0.25) is 0 Å². The van der Waals surface area contributed by atoms with Crippen LogP contribution in [0.5, 0.6) is 11.8 Å². The standard InChI is InChI=1S/C35H39ClFN5O3/c1-20-14-41(15-21(2)45-20)18-35(9-10-35)19-44-34-39-32-28(33(40-34)42-16-23-7-8-24(17-42)38-23)13-29(36)30(31(32)37)27-12-25(43)11-22-5-3-4-6-26(22)27/h3-6,11-13,20-21,23-24,38,43H,7-10,14-19H2,1-2H3. The molecule has 45 heavy (non-hydrogen) atoms. The number of halogens is 2. The monoisotopic (exact) mass is 631 g/mol. The van der Waals surface area contributed by atoms with E-state index < -0.39 is 5.82 Å². The summed E-state index contributed by atoms with van der Waals surface area (Å²) in [5, 5.41) is 16.6. The lowest BCUT2D eigenvalue weighted by Crippen LogP contribution is -2.51. The Morgan fingerprint density at radius 1 is 1.02 bits per heavy atom. The first-order valence-electron chi connectivity index (χ1n) is 16.2. The number of benzene rings is 3. The summed E-state index contributed by atoms with van der Waals surface area (Å²) in [6.07, 6.45) is 4.79. The van der Waals surface area contributed by atoms with E-state index in [0.29, 0.717) is 35.5 Å². The van der Waals surface area contributed by atoms with Crippen molar-refractivity contribution in [3.05, 3.63) is 53.3 Å². The summed E-state index contributed by atoms with van der Waals surface area (Å²) >= 11 is 6.91. The van der Waals surface area contributed by atoms with Crippen LogP contribution in [0.25, 0.3) is 32.8 Å². The molecule has 4 aromatic rings. The van der Waals surface area contributed by atoms with Gasteiger partial charge >= 0.3 is 6.01 Å². The van der Waals surface area contributed by atoms with Gasteiger partial charge in [-0.1, -0.05) is 35.9 Å². The molecule has 3 aromatic carbocycles. The normalized spacial score (nSPS) is 26.1. The molecular formula is C35H39ClFN5O3. The first-order valence-corrected chi connectivity index (χ1v) is 16.5. The highest BCUT2D eigenvalue weighted by molar-refractivity contribution is 6.35. The van der Waals surface area contributed by atoms with Gasteiger partial charge in [-0.05, 0) is 74.1 Å². The molecule has 0 amide bonds. The molecule has 3 aliphatic heterocycles. The van der Waals surface area contributed by atoms with Crippen LogP contribution in [0.4, 0.5) is 10.2 Å². The van der Waals surface area contributed by atoms with Crippen LogP contribution in [0, 0.1) is 11.2 Å². The number of rotatable bonds is 7. The van der Waals surface area contributed by atoms with Gasteiger partial charge in [-0.3, -0.25) is 4.90 Å². The summed E-state index contributed by atoms with van der Waals surface area (Å²) in [4.78, 5) is 14.4. The van der Waals surface area contributed by atoms with Crippen molar-refractivity contribution in [1.29, 1.82) is 0 Å². The van der Waals surface area contributed by atoms with Gasteiger partial charge in [-0.2, -0.15) is 9.97 Å². The molecule has 2 N–H and O–H groups in total. The second-order valence-corrected chi connectivity index (χ2v) is 14.2. The van der Waals surface area contributed by atoms with E-state index in [1.165, 1.54) is 0 Å². The van der Waals surface area contributed by atoms with Gasteiger partial charge in [0, 0.05) is 61.2 Å². The molecule has 4 heterocycles. The van der Waals surface area contributed by atoms with Crippen molar-refractivity contribution in [3.8, 4) is 22.9 Å². The Labute approximate surface area is 267 Å². The van der Waals surface area contributed by atoms with Crippen LogP contribution >= 0.6 is 11.6 Å². The lowest BCUT2D eigenvalue weighted by molar-refractivity contribution is -0.0741. The Hall–Kier alpha value is -3.24. The molecule has 4 atom stereocenters. The van der Waals surface area contributed by atoms with Crippen molar-refractivity contribution < 1.29 is 19.0 Å². The maximum atomic E-state index is 16.9. The van der Waals surface area contributed by atoms with E-state index in [2.05, 4.69) is 29.0 Å². The fourth-order valence-corrected chi connectivity index (χ4v) is 8.11. The lowest BCUT2D eigenvalue weighted by Gasteiger charge is -2.37. The molecule has 8 rings (SSSR count). The highest BCUT2D eigenvalue weighted by atomic mass is 35.5. The van der Waals surface area contributed by atoms with E-state index in [-0.39, 0.29) is 45.5 Å². The van der Waals surface area contributed by atoms with Crippen molar-refractivity contribution >= 4 is 39.1 Å². The molecule has 10 heteroatoms. The van der Waals surface area contributed by atoms with Gasteiger partial charge < -0.3 is 24.8 Å². The maximum Gasteiger partial charge on any atom is 0.319 e. The molecule has 3 saturated heterocycles. The fraction of sp³-hybridized carbons (Fsp3) is 0.486. The molecule has 4 unspecified atom stereocenters. The molecule has 236 valence electrons. The van der Waals surface area contributed by atoms with Crippen molar-refractivity contribution in [3.63, 3.8) is 0 Å². The zero-order valence-electron chi connectivity index (χ0n) is 25.7. The third-order valence-electron chi connectivity index (χ3n) is 9.99. The topological polar surface area (TPSA) is 83.0 Å². The van der Waals surface area contributed by atoms with E-state index in [9.17, 15) is 5.11 Å². The van der Waals surface area contributed by atoms with Crippen molar-refractivity contribution in [2.75, 3.05) is 44.2 Å². The van der Waals surface area contributed by atoms with Gasteiger partial charge in [-0.25, -0.2) is 4.39 Å². The molecule has 2 bridgehead atoms. The minimum absolute atomic E-state index is 0.0353. The third-order valence-corrected chi connectivity index (χ3v) is 10.3. The van der Waals surface area contributed by atoms with E-state index in [0.717, 1.165) is 69.2 Å². The average Bonchev–Trinajstić information content (AvgIpc) is 3.68. The van der Waals surface area contributed by atoms with Gasteiger partial charge in [0.1, 0.15) is 17.1 Å². The number of aromatic nitrogens is 2. The predicted octanol–water partition coefficient (Wildman–Crippen LogP) is 6.16. The molecular weight excluding hydrogens is 593 g/mol. The summed E-state index contributed by atoms with van der Waals surface area (Å²) in [6.45, 7) is 9.03. The average molecular weight is 632 g/mol. The van der Waals surface area contributed by atoms with Crippen LogP contribution < -0.4 is 15.0 Å². The molecule has 4 aliphatic rings. The zero-order chi connectivity index (χ0) is 30.9. The van der Waals surface area contributed by atoms with Crippen LogP contribution in [-0.2, 0) is 4.74 Å². The Morgan fingerprint density at radius 2 is 1.76 bits per heavy atom. The molecule has 1 saturated carbocycles. The van der Waals surface area contributed by atoms with E-state index in [1.54, 1.807) is 18.2 Å². The largest absolute Gasteiger partial charge is 0.508 e. The number of hydrogen-bond acceptors (Lipinski definition) is 8. The molecule has 1 aromatic heterocycles. The number of anilines is 1. The minimum Gasteiger partial charge on any atom is -0.508 e. The van der Waals surface area contributed by atoms with Gasteiger partial charge in [0.15, 0.2) is 5.82 Å². The van der Waals surface area contributed by atoms with Crippen LogP contribution in [0.1, 0.15) is 39.5 Å². The van der Waals surface area contributed by atoms with Crippen LogP contribution in [0.15, 0.2) is 42.5 Å². The molecule has 0 spiro atoms. The Balaban J connectivity index is 1.19. The number of hydrogen-bond donors (Lipinski definition) is 2. The molecule has 4 fully saturated rings. The number of piperazine rings is 1. The van der Waals surface area contributed by atoms with E-state index in [4.69, 9.17) is 31.0 Å². The van der Waals surface area contributed by atoms with Crippen LogP contribution in [0.2, 0.25) is 5.02 Å². The second-order valence-electron chi connectivity index (χ2n) is 13.8. The summed E-state index contributed by atoms with van der Waals surface area (Å²) in [5.41, 5.74) is 0.937. The Morgan fingerprint density at radius 3 is 2.49 bits per heavy atom. The number of fused-ring (bicyclic) bond motifs is 4. The maximum absolute atomic E-state index is 16.9. The number of aromatic hydroxyl groups is 1. The number of morpholine rings is 1. The Kier molecular flexibility index (Phi) is 7.28. The van der Waals surface area contributed by atoms with Gasteiger partial charge in [0.25, 0.3) is 0 Å². The quantitative estimate of drug-likeness (QED) is 0.251. The first-order chi connectivity index (χ1) is 21.7. The summed E-state index contributed by atoms with van der Waals surface area (Å²) in [7, 11) is 0. The smallest absolute Gasteiger partial charge is 0.319 e. The highest BCUT2D eigenvalue weighted by Gasteiger charge is 2.46. The third kappa shape index (κ3) is 5.58. The number of nitrogens with zero attached hydrogens (tertiary/aromatic N) is 4. The lowest BCUT2D eigenvalue weighted by atomic mass is 9.96. The minimum atomic E-state index is -0.544. The van der Waals surface area contributed by atoms with Crippen molar-refractivity contribution in [2.45, 2.75) is 63.8 Å². The summed E-state index contributed by atoms with van der Waals surface area (Å²) in [5.74, 6) is 0.154. The summed E-state index contributed by atoms with van der Waals surface area (Å²) in [6, 6.07) is 13.5. The number of ether oxygens (including phenoxy) is 2. The van der Waals surface area contributed by atoms with Gasteiger partial charge in [0.05, 0.1) is 23.8 Å². The predicted molar refractivity (Wildman–Crippen MR) is 175 cm³/mol. The molecule has 0 radical (unpaired) electrons. The zero-order valence-corrected chi connectivity index (χ0v) is 26.5. The number of nitrogens with one attached hydrogen (secondary N) is 1. The molecule has 1 aliphatic carbocycles. The first kappa shape index (κ1) is 29.2. The Bertz CT molecular complexity index is 1760. The SMILES string of the molecule is CC1CN(CC2(COc3nc(N4CC5CCC(C4)N5)c4cc(Cl)c(-c5cc(O)cc6ccccc56)c(F)c4n3)CC2)CC(C)O1. The van der Waals surface area contributed by atoms with Crippen molar-refractivity contribution in [1.82, 2.24) is 20.2 Å². The van der Waals surface area contributed by atoms with Gasteiger partial charge in [-0.15, -0.1) is 0 Å². The van der Waals surface area contributed by atoms with Crippen LogP contribution in [-0.4, -0.2) is 83.6 Å².